The van der Waals surface area contributed by atoms with Gasteiger partial charge < -0.3 is 15.1 Å². The first kappa shape index (κ1) is 17.5. The molecule has 0 aromatic heterocycles. The Labute approximate surface area is 138 Å². The Kier molecular flexibility index (Phi) is 7.07. The third-order valence-corrected chi connectivity index (χ3v) is 4.29. The lowest BCUT2D eigenvalue weighted by atomic mass is 10.2. The van der Waals surface area contributed by atoms with Crippen molar-refractivity contribution in [1.29, 1.82) is 0 Å². The van der Waals surface area contributed by atoms with E-state index in [0.717, 1.165) is 38.0 Å². The Balaban J connectivity index is 1.69. The van der Waals surface area contributed by atoms with Gasteiger partial charge in [-0.05, 0) is 18.6 Å². The summed E-state index contributed by atoms with van der Waals surface area (Å²) in [4.78, 5) is 27.4. The van der Waals surface area contributed by atoms with E-state index >= 15 is 0 Å². The standard InChI is InChI=1S/C18H27N3O2/c1-2-3-7-10-19-17(22)15-20-11-13-21(14-12-20)18(23)16-8-5-4-6-9-16/h4-6,8-9H,2-3,7,10-15H2,1H3,(H,19,22)/p+1. The number of hydrogen-bond donors (Lipinski definition) is 2. The average molecular weight is 318 g/mol. The second kappa shape index (κ2) is 9.30. The molecular formula is C18H28N3O2+. The van der Waals surface area contributed by atoms with Crippen LogP contribution in [0.5, 0.6) is 0 Å². The van der Waals surface area contributed by atoms with E-state index in [-0.39, 0.29) is 11.8 Å². The highest BCUT2D eigenvalue weighted by molar-refractivity contribution is 5.94. The summed E-state index contributed by atoms with van der Waals surface area (Å²) in [6.07, 6.45) is 3.38. The van der Waals surface area contributed by atoms with Gasteiger partial charge >= 0.3 is 0 Å². The van der Waals surface area contributed by atoms with Crippen LogP contribution in [0, 0.1) is 0 Å². The molecule has 0 radical (unpaired) electrons. The number of carbonyl (C=O) groups is 2. The van der Waals surface area contributed by atoms with Gasteiger partial charge in [-0.15, -0.1) is 0 Å². The van der Waals surface area contributed by atoms with Gasteiger partial charge in [0.2, 0.25) is 0 Å². The Morgan fingerprint density at radius 2 is 1.83 bits per heavy atom. The van der Waals surface area contributed by atoms with Crippen molar-refractivity contribution in [2.75, 3.05) is 39.3 Å². The first-order valence-electron chi connectivity index (χ1n) is 8.65. The van der Waals surface area contributed by atoms with Crippen LogP contribution in [0.4, 0.5) is 0 Å². The highest BCUT2D eigenvalue weighted by Gasteiger charge is 2.25. The number of nitrogens with zero attached hydrogens (tertiary/aromatic N) is 1. The summed E-state index contributed by atoms with van der Waals surface area (Å²) in [5, 5.41) is 2.98. The fourth-order valence-corrected chi connectivity index (χ4v) is 2.86. The van der Waals surface area contributed by atoms with E-state index in [9.17, 15) is 9.59 Å². The molecule has 5 heteroatoms. The number of nitrogens with one attached hydrogen (secondary N) is 2. The molecule has 0 saturated carbocycles. The molecule has 5 nitrogen and oxygen atoms in total. The van der Waals surface area contributed by atoms with E-state index in [0.29, 0.717) is 19.6 Å². The Morgan fingerprint density at radius 1 is 1.13 bits per heavy atom. The van der Waals surface area contributed by atoms with E-state index in [1.54, 1.807) is 0 Å². The second-order valence-electron chi connectivity index (χ2n) is 6.14. The molecule has 0 atom stereocenters. The number of amides is 2. The second-order valence-corrected chi connectivity index (χ2v) is 6.14. The minimum Gasteiger partial charge on any atom is -0.351 e. The van der Waals surface area contributed by atoms with E-state index < -0.39 is 0 Å². The molecule has 2 rings (SSSR count). The molecule has 0 spiro atoms. The van der Waals surface area contributed by atoms with Crippen molar-refractivity contribution < 1.29 is 14.5 Å². The number of rotatable bonds is 7. The number of piperazine rings is 1. The first-order chi connectivity index (χ1) is 11.2. The van der Waals surface area contributed by atoms with Gasteiger partial charge in [-0.1, -0.05) is 38.0 Å². The van der Waals surface area contributed by atoms with E-state index in [1.807, 2.05) is 35.2 Å². The van der Waals surface area contributed by atoms with E-state index in [2.05, 4.69) is 12.2 Å². The molecule has 126 valence electrons. The normalized spacial score (nSPS) is 15.4. The van der Waals surface area contributed by atoms with Gasteiger partial charge in [-0.3, -0.25) is 9.59 Å². The molecule has 0 unspecified atom stereocenters. The lowest BCUT2D eigenvalue weighted by Gasteiger charge is -2.32. The predicted molar refractivity (Wildman–Crippen MR) is 90.4 cm³/mol. The summed E-state index contributed by atoms with van der Waals surface area (Å²) >= 11 is 0. The lowest BCUT2D eigenvalue weighted by molar-refractivity contribution is -0.896. The summed E-state index contributed by atoms with van der Waals surface area (Å²) in [6.45, 7) is 6.54. The van der Waals surface area contributed by atoms with Crippen molar-refractivity contribution in [1.82, 2.24) is 10.2 Å². The number of benzene rings is 1. The average Bonchev–Trinajstić information content (AvgIpc) is 2.59. The maximum atomic E-state index is 12.4. The van der Waals surface area contributed by atoms with Crippen LogP contribution in [0.25, 0.3) is 0 Å². The van der Waals surface area contributed by atoms with Crippen LogP contribution in [-0.2, 0) is 4.79 Å². The molecule has 1 aromatic rings. The Bertz CT molecular complexity index is 496. The van der Waals surface area contributed by atoms with Crippen LogP contribution in [0.15, 0.2) is 30.3 Å². The zero-order valence-corrected chi connectivity index (χ0v) is 14.0. The van der Waals surface area contributed by atoms with Crippen molar-refractivity contribution >= 4 is 11.8 Å². The third kappa shape index (κ3) is 5.67. The number of unbranched alkanes of at least 4 members (excludes halogenated alkanes) is 2. The molecule has 1 aliphatic heterocycles. The van der Waals surface area contributed by atoms with Gasteiger partial charge in [-0.25, -0.2) is 0 Å². The van der Waals surface area contributed by atoms with Crippen molar-refractivity contribution in [3.05, 3.63) is 35.9 Å². The van der Waals surface area contributed by atoms with Gasteiger partial charge in [0.15, 0.2) is 6.54 Å². The lowest BCUT2D eigenvalue weighted by Crippen LogP contribution is -3.15. The van der Waals surface area contributed by atoms with Gasteiger partial charge in [0.1, 0.15) is 0 Å². The van der Waals surface area contributed by atoms with Crippen LogP contribution in [0.3, 0.4) is 0 Å². The molecule has 1 heterocycles. The fourth-order valence-electron chi connectivity index (χ4n) is 2.86. The van der Waals surface area contributed by atoms with Crippen molar-refractivity contribution in [2.45, 2.75) is 26.2 Å². The molecule has 0 bridgehead atoms. The molecule has 0 aliphatic carbocycles. The van der Waals surface area contributed by atoms with Crippen LogP contribution < -0.4 is 10.2 Å². The summed E-state index contributed by atoms with van der Waals surface area (Å²) in [6, 6.07) is 9.39. The first-order valence-corrected chi connectivity index (χ1v) is 8.65. The smallest absolute Gasteiger partial charge is 0.275 e. The van der Waals surface area contributed by atoms with E-state index in [4.69, 9.17) is 0 Å². The number of hydrogen-bond acceptors (Lipinski definition) is 2. The largest absolute Gasteiger partial charge is 0.351 e. The predicted octanol–water partition coefficient (Wildman–Crippen LogP) is 0.334. The van der Waals surface area contributed by atoms with Crippen LogP contribution in [0.1, 0.15) is 36.5 Å². The quantitative estimate of drug-likeness (QED) is 0.712. The van der Waals surface area contributed by atoms with Crippen molar-refractivity contribution in [3.8, 4) is 0 Å². The molecule has 1 fully saturated rings. The third-order valence-electron chi connectivity index (χ3n) is 4.29. The topological polar surface area (TPSA) is 53.9 Å². The summed E-state index contributed by atoms with van der Waals surface area (Å²) in [5.41, 5.74) is 0.740. The Morgan fingerprint density at radius 3 is 2.48 bits per heavy atom. The van der Waals surface area contributed by atoms with Gasteiger partial charge in [-0.2, -0.15) is 0 Å². The van der Waals surface area contributed by atoms with Gasteiger partial charge in [0, 0.05) is 12.1 Å². The SMILES string of the molecule is CCCCCNC(=O)C[NH+]1CCN(C(=O)c2ccccc2)CC1. The van der Waals surface area contributed by atoms with Gasteiger partial charge in [0.25, 0.3) is 11.8 Å². The molecule has 1 aromatic carbocycles. The maximum Gasteiger partial charge on any atom is 0.275 e. The highest BCUT2D eigenvalue weighted by atomic mass is 16.2. The molecule has 2 N–H and O–H groups in total. The van der Waals surface area contributed by atoms with Crippen molar-refractivity contribution in [3.63, 3.8) is 0 Å². The minimum absolute atomic E-state index is 0.0914. The minimum atomic E-state index is 0.0914. The monoisotopic (exact) mass is 318 g/mol. The fraction of sp³-hybridized carbons (Fsp3) is 0.556. The van der Waals surface area contributed by atoms with Gasteiger partial charge in [0.05, 0.1) is 26.2 Å². The van der Waals surface area contributed by atoms with Crippen LogP contribution in [0.2, 0.25) is 0 Å². The van der Waals surface area contributed by atoms with Crippen molar-refractivity contribution in [2.24, 2.45) is 0 Å². The number of quaternary nitrogens is 1. The summed E-state index contributed by atoms with van der Waals surface area (Å²) < 4.78 is 0. The molecule has 1 saturated heterocycles. The Hall–Kier alpha value is -1.88. The van der Waals surface area contributed by atoms with Crippen LogP contribution in [-0.4, -0.2) is 56.0 Å². The maximum absolute atomic E-state index is 12.4. The summed E-state index contributed by atoms with van der Waals surface area (Å²) in [7, 11) is 0. The number of carbonyl (C=O) groups excluding carboxylic acids is 2. The zero-order chi connectivity index (χ0) is 16.5. The molecule has 2 amide bonds. The molecule has 1 aliphatic rings. The zero-order valence-electron chi connectivity index (χ0n) is 14.0. The highest BCUT2D eigenvalue weighted by Crippen LogP contribution is 2.04. The summed E-state index contributed by atoms with van der Waals surface area (Å²) in [5.74, 6) is 0.215. The van der Waals surface area contributed by atoms with Crippen LogP contribution >= 0.6 is 0 Å². The molecular weight excluding hydrogens is 290 g/mol. The van der Waals surface area contributed by atoms with E-state index in [1.165, 1.54) is 11.3 Å². The molecule has 23 heavy (non-hydrogen) atoms.